The molecule has 4 heteroatoms. The normalized spacial score (nSPS) is 13.0. The van der Waals surface area contributed by atoms with Crippen LogP contribution in [0.4, 0.5) is 13.2 Å². The predicted octanol–water partition coefficient (Wildman–Crippen LogP) is 4.73. The molecule has 1 unspecified atom stereocenters. The van der Waals surface area contributed by atoms with Gasteiger partial charge in [0.25, 0.3) is 0 Å². The van der Waals surface area contributed by atoms with Crippen molar-refractivity contribution in [1.82, 2.24) is 0 Å². The fourth-order valence-electron chi connectivity index (χ4n) is 1.86. The summed E-state index contributed by atoms with van der Waals surface area (Å²) in [7, 11) is 0. The van der Waals surface area contributed by atoms with Gasteiger partial charge in [-0.1, -0.05) is 54.6 Å². The van der Waals surface area contributed by atoms with Crippen molar-refractivity contribution >= 4 is 5.78 Å². The molecule has 2 rings (SSSR count). The first-order valence-electron chi connectivity index (χ1n) is 6.16. The summed E-state index contributed by atoms with van der Waals surface area (Å²) in [6.07, 6.45) is -4.50. The van der Waals surface area contributed by atoms with Gasteiger partial charge in [0.2, 0.25) is 0 Å². The number of benzene rings is 2. The highest BCUT2D eigenvalue weighted by Crippen LogP contribution is 2.29. The second kappa shape index (κ2) is 5.49. The van der Waals surface area contributed by atoms with Gasteiger partial charge in [0.1, 0.15) is 5.92 Å². The minimum atomic E-state index is -4.50. The van der Waals surface area contributed by atoms with Crippen LogP contribution in [0, 0.1) is 5.92 Å². The van der Waals surface area contributed by atoms with Crippen molar-refractivity contribution in [3.63, 3.8) is 0 Å². The molecule has 0 aliphatic carbocycles. The first-order chi connectivity index (χ1) is 9.39. The highest BCUT2D eigenvalue weighted by molar-refractivity contribution is 5.98. The molecule has 0 aliphatic heterocycles. The molecule has 20 heavy (non-hydrogen) atoms. The number of carbonyl (C=O) groups is 1. The average molecular weight is 278 g/mol. The molecule has 0 spiro atoms. The molecule has 0 saturated heterocycles. The van der Waals surface area contributed by atoms with Gasteiger partial charge in [-0.3, -0.25) is 4.79 Å². The number of rotatable bonds is 3. The minimum absolute atomic E-state index is 0.0782. The maximum atomic E-state index is 12.5. The van der Waals surface area contributed by atoms with Gasteiger partial charge in [0.05, 0.1) is 0 Å². The molecule has 1 nitrogen and oxygen atoms in total. The van der Waals surface area contributed by atoms with Crippen molar-refractivity contribution in [3.8, 4) is 11.1 Å². The number of carbonyl (C=O) groups excluding carboxylic acids is 1. The number of hydrogen-bond donors (Lipinski definition) is 0. The van der Waals surface area contributed by atoms with E-state index in [9.17, 15) is 18.0 Å². The van der Waals surface area contributed by atoms with Crippen LogP contribution in [0.15, 0.2) is 54.6 Å². The van der Waals surface area contributed by atoms with Crippen LogP contribution in [-0.2, 0) is 0 Å². The summed E-state index contributed by atoms with van der Waals surface area (Å²) in [5.41, 5.74) is 1.90. The molecule has 1 atom stereocenters. The molecule has 0 bridgehead atoms. The molecule has 0 aromatic heterocycles. The maximum Gasteiger partial charge on any atom is 0.398 e. The largest absolute Gasteiger partial charge is 0.398 e. The summed E-state index contributed by atoms with van der Waals surface area (Å²) in [4.78, 5) is 11.7. The van der Waals surface area contributed by atoms with Crippen molar-refractivity contribution in [2.45, 2.75) is 13.1 Å². The van der Waals surface area contributed by atoms with Crippen molar-refractivity contribution in [2.24, 2.45) is 5.92 Å². The fraction of sp³-hybridized carbons (Fsp3) is 0.188. The fourth-order valence-corrected chi connectivity index (χ4v) is 1.86. The SMILES string of the molecule is CC(C(=O)c1ccc(-c2ccccc2)cc1)C(F)(F)F. The van der Waals surface area contributed by atoms with Crippen LogP contribution in [0.25, 0.3) is 11.1 Å². The van der Waals surface area contributed by atoms with Gasteiger partial charge in [-0.25, -0.2) is 0 Å². The smallest absolute Gasteiger partial charge is 0.294 e. The number of ketones is 1. The van der Waals surface area contributed by atoms with Crippen LogP contribution in [-0.4, -0.2) is 12.0 Å². The van der Waals surface area contributed by atoms with Crippen LogP contribution in [0.1, 0.15) is 17.3 Å². The van der Waals surface area contributed by atoms with E-state index in [-0.39, 0.29) is 5.56 Å². The molecule has 0 fully saturated rings. The van der Waals surface area contributed by atoms with Gasteiger partial charge >= 0.3 is 6.18 Å². The Morgan fingerprint density at radius 2 is 1.40 bits per heavy atom. The third-order valence-electron chi connectivity index (χ3n) is 3.16. The molecule has 0 heterocycles. The molecule has 0 amide bonds. The lowest BCUT2D eigenvalue weighted by Crippen LogP contribution is -2.27. The van der Waals surface area contributed by atoms with E-state index in [1.165, 1.54) is 12.1 Å². The Morgan fingerprint density at radius 1 is 0.900 bits per heavy atom. The van der Waals surface area contributed by atoms with E-state index < -0.39 is 17.9 Å². The molecule has 0 saturated carbocycles. The Balaban J connectivity index is 2.23. The van der Waals surface area contributed by atoms with Crippen LogP contribution >= 0.6 is 0 Å². The second-order valence-electron chi connectivity index (χ2n) is 4.57. The van der Waals surface area contributed by atoms with E-state index in [0.29, 0.717) is 0 Å². The molecule has 0 N–H and O–H groups in total. The highest BCUT2D eigenvalue weighted by Gasteiger charge is 2.41. The summed E-state index contributed by atoms with van der Waals surface area (Å²) in [6.45, 7) is 0.882. The van der Waals surface area contributed by atoms with E-state index in [1.54, 1.807) is 12.1 Å². The molecular formula is C16H13F3O. The number of halogens is 3. The van der Waals surface area contributed by atoms with Gasteiger partial charge in [-0.15, -0.1) is 0 Å². The lowest BCUT2D eigenvalue weighted by Gasteiger charge is -2.14. The number of hydrogen-bond acceptors (Lipinski definition) is 1. The van der Waals surface area contributed by atoms with Gasteiger partial charge < -0.3 is 0 Å². The van der Waals surface area contributed by atoms with Crippen LogP contribution in [0.5, 0.6) is 0 Å². The predicted molar refractivity (Wildman–Crippen MR) is 71.4 cm³/mol. The average Bonchev–Trinajstić information content (AvgIpc) is 2.46. The second-order valence-corrected chi connectivity index (χ2v) is 4.57. The lowest BCUT2D eigenvalue weighted by atomic mass is 9.96. The molecule has 0 radical (unpaired) electrons. The molecule has 2 aromatic rings. The Bertz CT molecular complexity index is 585. The van der Waals surface area contributed by atoms with Crippen molar-refractivity contribution in [1.29, 1.82) is 0 Å². The van der Waals surface area contributed by atoms with Gasteiger partial charge in [-0.2, -0.15) is 13.2 Å². The Labute approximate surface area is 115 Å². The van der Waals surface area contributed by atoms with Crippen LogP contribution in [0.3, 0.4) is 0 Å². The summed E-state index contributed by atoms with van der Waals surface area (Å²) in [6, 6.07) is 15.6. The number of Topliss-reactive ketones (excluding diaryl/α,β-unsaturated/α-hetero) is 1. The van der Waals surface area contributed by atoms with E-state index >= 15 is 0 Å². The Morgan fingerprint density at radius 3 is 1.90 bits per heavy atom. The van der Waals surface area contributed by atoms with Crippen molar-refractivity contribution < 1.29 is 18.0 Å². The third kappa shape index (κ3) is 3.07. The summed E-state index contributed by atoms with van der Waals surface area (Å²) < 4.78 is 37.5. The summed E-state index contributed by atoms with van der Waals surface area (Å²) in [5, 5.41) is 0. The first kappa shape index (κ1) is 14.3. The van der Waals surface area contributed by atoms with Gasteiger partial charge in [0, 0.05) is 5.56 Å². The lowest BCUT2D eigenvalue weighted by molar-refractivity contribution is -0.155. The highest BCUT2D eigenvalue weighted by atomic mass is 19.4. The van der Waals surface area contributed by atoms with Gasteiger partial charge in [0.15, 0.2) is 5.78 Å². The van der Waals surface area contributed by atoms with E-state index in [0.717, 1.165) is 18.1 Å². The van der Waals surface area contributed by atoms with Crippen LogP contribution < -0.4 is 0 Å². The monoisotopic (exact) mass is 278 g/mol. The Kier molecular flexibility index (Phi) is 3.93. The van der Waals surface area contributed by atoms with E-state index in [4.69, 9.17) is 0 Å². The topological polar surface area (TPSA) is 17.1 Å². The Hall–Kier alpha value is -2.10. The van der Waals surface area contributed by atoms with Crippen molar-refractivity contribution in [2.75, 3.05) is 0 Å². The molecule has 104 valence electrons. The maximum absolute atomic E-state index is 12.5. The minimum Gasteiger partial charge on any atom is -0.294 e. The van der Waals surface area contributed by atoms with Crippen molar-refractivity contribution in [3.05, 3.63) is 60.2 Å². The van der Waals surface area contributed by atoms with Gasteiger partial charge in [-0.05, 0) is 18.1 Å². The quantitative estimate of drug-likeness (QED) is 0.741. The summed E-state index contributed by atoms with van der Waals surface area (Å²) >= 11 is 0. The third-order valence-corrected chi connectivity index (χ3v) is 3.16. The molecule has 0 aliphatic rings. The standard InChI is InChI=1S/C16H13F3O/c1-11(16(17,18)19)15(20)14-9-7-13(8-10-14)12-5-3-2-4-6-12/h2-11H,1H3. The van der Waals surface area contributed by atoms with Crippen LogP contribution in [0.2, 0.25) is 0 Å². The zero-order valence-electron chi connectivity index (χ0n) is 10.8. The zero-order valence-corrected chi connectivity index (χ0v) is 10.8. The number of alkyl halides is 3. The zero-order chi connectivity index (χ0) is 14.8. The summed E-state index contributed by atoms with van der Waals surface area (Å²) in [5.74, 6) is -2.89. The first-order valence-corrected chi connectivity index (χ1v) is 6.16. The van der Waals surface area contributed by atoms with E-state index in [2.05, 4.69) is 0 Å². The van der Waals surface area contributed by atoms with E-state index in [1.807, 2.05) is 30.3 Å². The molecular weight excluding hydrogens is 265 g/mol. The molecule has 2 aromatic carbocycles.